The molecule has 0 saturated heterocycles. The van der Waals surface area contributed by atoms with E-state index in [1.165, 1.54) is 12.1 Å². The molecular weight excluding hydrogens is 221 g/mol. The molecule has 0 fully saturated rings. The quantitative estimate of drug-likeness (QED) is 0.585. The van der Waals surface area contributed by atoms with Gasteiger partial charge in [0.2, 0.25) is 0 Å². The summed E-state index contributed by atoms with van der Waals surface area (Å²) in [7, 11) is 0. The molecule has 1 rings (SSSR count). The highest BCUT2D eigenvalue weighted by molar-refractivity contribution is 7.79. The Hall–Kier alpha value is -0.290. The lowest BCUT2D eigenvalue weighted by Gasteiger charge is -2.11. The predicted octanol–water partition coefficient (Wildman–Crippen LogP) is 1.81. The highest BCUT2D eigenvalue weighted by Gasteiger charge is 2.08. The van der Waals surface area contributed by atoms with E-state index in [1.807, 2.05) is 0 Å². The maximum atomic E-state index is 10.6. The molecule has 0 bridgehead atoms. The first kappa shape index (κ1) is 9.80. The Labute approximate surface area is 81.8 Å². The van der Waals surface area contributed by atoms with Crippen LogP contribution >= 0.6 is 23.2 Å². The number of rotatable bonds is 1. The number of nitrogens with two attached hydrogens (primary N) is 1. The van der Waals surface area contributed by atoms with E-state index in [-0.39, 0.29) is 20.6 Å². The SMILES string of the molecule is Nc1c(Cl)ccc(Cl)c1S(=O)[O-]. The molecule has 0 saturated carbocycles. The van der Waals surface area contributed by atoms with Gasteiger partial charge in [-0.25, -0.2) is 0 Å². The van der Waals surface area contributed by atoms with Crippen LogP contribution in [0.25, 0.3) is 0 Å². The maximum Gasteiger partial charge on any atom is 0.0679 e. The molecule has 0 aromatic heterocycles. The Morgan fingerprint density at radius 3 is 2.25 bits per heavy atom. The van der Waals surface area contributed by atoms with Crippen LogP contribution in [-0.2, 0) is 11.1 Å². The first-order chi connectivity index (χ1) is 5.54. The summed E-state index contributed by atoms with van der Waals surface area (Å²) in [6.07, 6.45) is 0. The second kappa shape index (κ2) is 3.62. The van der Waals surface area contributed by atoms with Gasteiger partial charge in [-0.15, -0.1) is 0 Å². The zero-order valence-electron chi connectivity index (χ0n) is 5.71. The van der Waals surface area contributed by atoms with Gasteiger partial charge in [-0.05, 0) is 23.2 Å². The van der Waals surface area contributed by atoms with E-state index in [2.05, 4.69) is 0 Å². The van der Waals surface area contributed by atoms with E-state index in [9.17, 15) is 8.76 Å². The first-order valence-electron chi connectivity index (χ1n) is 2.86. The summed E-state index contributed by atoms with van der Waals surface area (Å²) >= 11 is 8.68. The number of benzene rings is 1. The number of anilines is 1. The molecule has 0 aliphatic heterocycles. The predicted molar refractivity (Wildman–Crippen MR) is 48.1 cm³/mol. The molecule has 1 aromatic rings. The molecule has 0 aliphatic rings. The van der Waals surface area contributed by atoms with Gasteiger partial charge in [0, 0.05) is 0 Å². The molecule has 1 aromatic carbocycles. The third kappa shape index (κ3) is 1.72. The Kier molecular flexibility index (Phi) is 2.95. The average molecular weight is 225 g/mol. The third-order valence-corrected chi connectivity index (χ3v) is 2.79. The largest absolute Gasteiger partial charge is 0.768 e. The molecule has 0 spiro atoms. The van der Waals surface area contributed by atoms with Gasteiger partial charge in [-0.2, -0.15) is 0 Å². The van der Waals surface area contributed by atoms with E-state index in [0.717, 1.165) is 0 Å². The van der Waals surface area contributed by atoms with Gasteiger partial charge < -0.3 is 10.3 Å². The summed E-state index contributed by atoms with van der Waals surface area (Å²) in [6, 6.07) is 2.82. The monoisotopic (exact) mass is 224 g/mol. The average Bonchev–Trinajstić information content (AvgIpc) is 1.97. The molecule has 3 nitrogen and oxygen atoms in total. The summed E-state index contributed by atoms with van der Waals surface area (Å²) in [4.78, 5) is -0.149. The summed E-state index contributed by atoms with van der Waals surface area (Å²) < 4.78 is 21.1. The van der Waals surface area contributed by atoms with Crippen LogP contribution in [0, 0.1) is 0 Å². The maximum absolute atomic E-state index is 10.6. The minimum atomic E-state index is -2.45. The molecule has 1 unspecified atom stereocenters. The lowest BCUT2D eigenvalue weighted by atomic mass is 10.3. The molecule has 66 valence electrons. The minimum Gasteiger partial charge on any atom is -0.768 e. The highest BCUT2D eigenvalue weighted by Crippen LogP contribution is 2.31. The summed E-state index contributed by atoms with van der Waals surface area (Å²) in [5, 5.41) is 0.254. The molecule has 12 heavy (non-hydrogen) atoms. The lowest BCUT2D eigenvalue weighted by Crippen LogP contribution is -1.98. The van der Waals surface area contributed by atoms with Crippen LogP contribution in [-0.4, -0.2) is 8.76 Å². The molecule has 1 atom stereocenters. The van der Waals surface area contributed by atoms with Gasteiger partial charge in [-0.3, -0.25) is 4.21 Å². The van der Waals surface area contributed by atoms with E-state index >= 15 is 0 Å². The van der Waals surface area contributed by atoms with Crippen molar-refractivity contribution in [2.45, 2.75) is 4.90 Å². The van der Waals surface area contributed by atoms with E-state index < -0.39 is 11.1 Å². The second-order valence-corrected chi connectivity index (χ2v) is 3.70. The number of nitrogen functional groups attached to an aromatic ring is 1. The van der Waals surface area contributed by atoms with Gasteiger partial charge >= 0.3 is 0 Å². The molecule has 0 aliphatic carbocycles. The summed E-state index contributed by atoms with van der Waals surface area (Å²) in [5.41, 5.74) is 5.36. The first-order valence-corrected chi connectivity index (χ1v) is 4.70. The summed E-state index contributed by atoms with van der Waals surface area (Å²) in [5.74, 6) is 0. The van der Waals surface area contributed by atoms with Crippen molar-refractivity contribution in [2.24, 2.45) is 0 Å². The van der Waals surface area contributed by atoms with Crippen LogP contribution in [0.1, 0.15) is 0 Å². The van der Waals surface area contributed by atoms with Crippen LogP contribution in [0.15, 0.2) is 17.0 Å². The molecular formula is C6H4Cl2NO2S-. The van der Waals surface area contributed by atoms with Crippen molar-refractivity contribution in [1.82, 2.24) is 0 Å². The molecule has 0 heterocycles. The smallest absolute Gasteiger partial charge is 0.0679 e. The van der Waals surface area contributed by atoms with Gasteiger partial charge in [0.25, 0.3) is 0 Å². The van der Waals surface area contributed by atoms with Crippen LogP contribution in [0.5, 0.6) is 0 Å². The fourth-order valence-corrected chi connectivity index (χ4v) is 1.80. The van der Waals surface area contributed by atoms with Gasteiger partial charge in [0.15, 0.2) is 0 Å². The Balaban J connectivity index is 3.43. The van der Waals surface area contributed by atoms with E-state index in [0.29, 0.717) is 0 Å². The van der Waals surface area contributed by atoms with Crippen molar-refractivity contribution in [1.29, 1.82) is 0 Å². The fourth-order valence-electron chi connectivity index (χ4n) is 0.718. The van der Waals surface area contributed by atoms with E-state index in [4.69, 9.17) is 28.9 Å². The van der Waals surface area contributed by atoms with Crippen molar-refractivity contribution in [3.05, 3.63) is 22.2 Å². The van der Waals surface area contributed by atoms with Crippen LogP contribution in [0.2, 0.25) is 10.0 Å². The number of halogens is 2. The van der Waals surface area contributed by atoms with Gasteiger partial charge in [0.05, 0.1) is 20.6 Å². The lowest BCUT2D eigenvalue weighted by molar-refractivity contribution is 0.537. The molecule has 0 radical (unpaired) electrons. The topological polar surface area (TPSA) is 66.2 Å². The highest BCUT2D eigenvalue weighted by atomic mass is 35.5. The fraction of sp³-hybridized carbons (Fsp3) is 0. The summed E-state index contributed by atoms with van der Waals surface area (Å²) in [6.45, 7) is 0. The zero-order valence-corrected chi connectivity index (χ0v) is 8.04. The molecule has 0 amide bonds. The standard InChI is InChI=1S/C6H5Cl2NO2S/c7-3-1-2-4(8)6(5(3)9)12(10)11/h1-2H,9H2,(H,10,11)/p-1. The van der Waals surface area contributed by atoms with Crippen molar-refractivity contribution < 1.29 is 8.76 Å². The van der Waals surface area contributed by atoms with Gasteiger partial charge in [0.1, 0.15) is 0 Å². The minimum absolute atomic E-state index is 0.0162. The van der Waals surface area contributed by atoms with Crippen LogP contribution in [0.3, 0.4) is 0 Å². The van der Waals surface area contributed by atoms with Gasteiger partial charge in [-0.1, -0.05) is 23.2 Å². The zero-order chi connectivity index (χ0) is 9.30. The Bertz CT molecular complexity index is 343. The third-order valence-electron chi connectivity index (χ3n) is 1.26. The Morgan fingerprint density at radius 1 is 1.33 bits per heavy atom. The second-order valence-electron chi connectivity index (χ2n) is 2.01. The molecule has 6 heteroatoms. The van der Waals surface area contributed by atoms with Crippen molar-refractivity contribution >= 4 is 40.0 Å². The van der Waals surface area contributed by atoms with Crippen LogP contribution < -0.4 is 5.73 Å². The number of hydrogen-bond donors (Lipinski definition) is 1. The van der Waals surface area contributed by atoms with E-state index in [1.54, 1.807) is 0 Å². The normalized spacial score (nSPS) is 12.9. The van der Waals surface area contributed by atoms with Crippen molar-refractivity contribution in [3.8, 4) is 0 Å². The van der Waals surface area contributed by atoms with Crippen LogP contribution in [0.4, 0.5) is 5.69 Å². The Morgan fingerprint density at radius 2 is 1.83 bits per heavy atom. The van der Waals surface area contributed by atoms with Crippen molar-refractivity contribution in [2.75, 3.05) is 5.73 Å². The van der Waals surface area contributed by atoms with Crippen molar-refractivity contribution in [3.63, 3.8) is 0 Å². The molecule has 2 N–H and O–H groups in total. The number of hydrogen-bond acceptors (Lipinski definition) is 3.